The number of carbonyl (C=O) groups is 3. The Morgan fingerprint density at radius 2 is 1.86 bits per heavy atom. The van der Waals surface area contributed by atoms with Gasteiger partial charge in [-0.2, -0.15) is 0 Å². The van der Waals surface area contributed by atoms with Gasteiger partial charge in [0.2, 0.25) is 0 Å². The van der Waals surface area contributed by atoms with Crippen LogP contribution in [0.2, 0.25) is 0 Å². The Labute approximate surface area is 167 Å². The molecular weight excluding hydrogens is 376 g/mol. The van der Waals surface area contributed by atoms with Crippen molar-refractivity contribution in [3.05, 3.63) is 53.6 Å². The van der Waals surface area contributed by atoms with Crippen LogP contribution >= 0.6 is 0 Å². The fourth-order valence-corrected chi connectivity index (χ4v) is 2.42. The molecule has 0 saturated heterocycles. The number of nitrogens with one attached hydrogen (secondary N) is 2. The average molecular weight is 396 g/mol. The molecule has 3 N–H and O–H groups in total. The second-order valence-electron chi connectivity index (χ2n) is 5.78. The quantitative estimate of drug-likeness (QED) is 0.442. The summed E-state index contributed by atoms with van der Waals surface area (Å²) < 4.78 is 10.8. The smallest absolute Gasteiger partial charge is 0.337 e. The monoisotopic (exact) mass is 396 g/mol. The number of anilines is 1. The van der Waals surface area contributed by atoms with Crippen molar-refractivity contribution in [3.8, 4) is 23.8 Å². The third-order valence-electron chi connectivity index (χ3n) is 3.81. The number of carboxylic acid groups (broad SMARTS) is 1. The number of carboxylic acids is 1. The van der Waals surface area contributed by atoms with Crippen molar-refractivity contribution in [2.45, 2.75) is 6.42 Å². The fraction of sp³-hybridized carbons (Fsp3) is 0.190. The highest BCUT2D eigenvalue weighted by atomic mass is 16.5. The third kappa shape index (κ3) is 6.01. The van der Waals surface area contributed by atoms with Gasteiger partial charge in [0.15, 0.2) is 11.5 Å². The zero-order valence-corrected chi connectivity index (χ0v) is 15.7. The lowest BCUT2D eigenvalue weighted by Gasteiger charge is -2.15. The molecule has 0 spiro atoms. The molecule has 0 heterocycles. The number of methoxy groups -OCH3 is 1. The molecule has 8 heteroatoms. The summed E-state index contributed by atoms with van der Waals surface area (Å²) in [5, 5.41) is 14.5. The Bertz CT molecular complexity index is 934. The normalized spacial score (nSPS) is 9.79. The molecule has 0 aliphatic rings. The first-order valence-electron chi connectivity index (χ1n) is 8.65. The molecule has 2 rings (SSSR count). The minimum Gasteiger partial charge on any atom is -0.493 e. The van der Waals surface area contributed by atoms with E-state index in [4.69, 9.17) is 15.9 Å². The predicted molar refractivity (Wildman–Crippen MR) is 106 cm³/mol. The molecule has 0 bridgehead atoms. The van der Waals surface area contributed by atoms with Crippen LogP contribution in [0.15, 0.2) is 42.5 Å². The van der Waals surface area contributed by atoms with Crippen LogP contribution in [0.25, 0.3) is 0 Å². The molecule has 0 fully saturated rings. The lowest BCUT2D eigenvalue weighted by atomic mass is 10.1. The molecule has 0 saturated carbocycles. The number of terminal acetylenes is 1. The van der Waals surface area contributed by atoms with Gasteiger partial charge in [0.1, 0.15) is 0 Å². The Morgan fingerprint density at radius 1 is 1.14 bits per heavy atom. The van der Waals surface area contributed by atoms with Gasteiger partial charge in [0.05, 0.1) is 25.0 Å². The topological polar surface area (TPSA) is 114 Å². The van der Waals surface area contributed by atoms with Gasteiger partial charge in [-0.05, 0) is 24.5 Å². The van der Waals surface area contributed by atoms with Crippen LogP contribution in [0.5, 0.6) is 11.5 Å². The van der Waals surface area contributed by atoms with Crippen LogP contribution in [0.1, 0.15) is 27.1 Å². The minimum absolute atomic E-state index is 0.000209. The summed E-state index contributed by atoms with van der Waals surface area (Å²) >= 11 is 0. The van der Waals surface area contributed by atoms with E-state index in [1.807, 2.05) is 12.0 Å². The summed E-state index contributed by atoms with van der Waals surface area (Å²) in [5.74, 6) is 0.0420. The standard InChI is InChI=1S/C21H20N2O6/c1-3-19(24)23-16-13-17(28-2)18(12-15(16)21(26)27)29-11-7-10-22-20(25)14-8-5-4-6-9-14/h1,4-6,8-9,12-13H,7,10-11H2,2H3,(H,22,25)(H,23,24)(H,26,27). The average Bonchev–Trinajstić information content (AvgIpc) is 2.73. The molecule has 2 aromatic carbocycles. The molecule has 0 aliphatic heterocycles. The van der Waals surface area contributed by atoms with E-state index >= 15 is 0 Å². The third-order valence-corrected chi connectivity index (χ3v) is 3.81. The van der Waals surface area contributed by atoms with Crippen LogP contribution < -0.4 is 20.1 Å². The zero-order valence-electron chi connectivity index (χ0n) is 15.7. The van der Waals surface area contributed by atoms with E-state index in [1.54, 1.807) is 24.3 Å². The van der Waals surface area contributed by atoms with E-state index < -0.39 is 11.9 Å². The van der Waals surface area contributed by atoms with Crippen LogP contribution in [-0.2, 0) is 4.79 Å². The van der Waals surface area contributed by atoms with E-state index in [9.17, 15) is 19.5 Å². The van der Waals surface area contributed by atoms with Crippen molar-refractivity contribution in [3.63, 3.8) is 0 Å². The summed E-state index contributed by atoms with van der Waals surface area (Å²) in [6.45, 7) is 0.582. The molecule has 8 nitrogen and oxygen atoms in total. The largest absolute Gasteiger partial charge is 0.493 e. The van der Waals surface area contributed by atoms with E-state index in [1.165, 1.54) is 19.2 Å². The number of rotatable bonds is 9. The van der Waals surface area contributed by atoms with Crippen molar-refractivity contribution < 1.29 is 29.0 Å². The van der Waals surface area contributed by atoms with Crippen molar-refractivity contribution in [2.24, 2.45) is 0 Å². The highest BCUT2D eigenvalue weighted by molar-refractivity contribution is 6.07. The van der Waals surface area contributed by atoms with Crippen LogP contribution in [0.3, 0.4) is 0 Å². The fourth-order valence-electron chi connectivity index (χ4n) is 2.42. The van der Waals surface area contributed by atoms with Crippen LogP contribution in [0, 0.1) is 12.3 Å². The second-order valence-corrected chi connectivity index (χ2v) is 5.78. The number of carbonyl (C=O) groups excluding carboxylic acids is 2. The highest BCUT2D eigenvalue weighted by Gasteiger charge is 2.18. The molecule has 150 valence electrons. The molecule has 29 heavy (non-hydrogen) atoms. The number of benzene rings is 2. The predicted octanol–water partition coefficient (Wildman–Crippen LogP) is 2.16. The van der Waals surface area contributed by atoms with Crippen LogP contribution in [0.4, 0.5) is 5.69 Å². The maximum atomic E-state index is 12.0. The van der Waals surface area contributed by atoms with Gasteiger partial charge < -0.3 is 25.2 Å². The first-order valence-corrected chi connectivity index (χ1v) is 8.65. The minimum atomic E-state index is -1.26. The van der Waals surface area contributed by atoms with Gasteiger partial charge >= 0.3 is 5.97 Å². The number of aromatic carboxylic acids is 1. The van der Waals surface area contributed by atoms with Gasteiger partial charge in [0, 0.05) is 24.2 Å². The molecule has 2 aromatic rings. The van der Waals surface area contributed by atoms with Crippen LogP contribution in [-0.4, -0.2) is 43.2 Å². The number of ether oxygens (including phenoxy) is 2. The summed E-state index contributed by atoms with van der Waals surface area (Å²) in [4.78, 5) is 34.8. The first kappa shape index (κ1) is 21.3. The van der Waals surface area contributed by atoms with Gasteiger partial charge in [-0.3, -0.25) is 9.59 Å². The molecule has 0 aliphatic carbocycles. The zero-order chi connectivity index (χ0) is 21.2. The van der Waals surface area contributed by atoms with E-state index in [0.717, 1.165) is 0 Å². The molecule has 0 aromatic heterocycles. The summed E-state index contributed by atoms with van der Waals surface area (Å²) in [5.41, 5.74) is 0.368. The Morgan fingerprint density at radius 3 is 2.48 bits per heavy atom. The highest BCUT2D eigenvalue weighted by Crippen LogP contribution is 2.33. The molecule has 0 unspecified atom stereocenters. The van der Waals surface area contributed by atoms with Gasteiger partial charge in [-0.15, -0.1) is 6.42 Å². The second kappa shape index (κ2) is 10.4. The summed E-state index contributed by atoms with van der Waals surface area (Å²) in [7, 11) is 1.38. The van der Waals surface area contributed by atoms with Crippen molar-refractivity contribution in [1.29, 1.82) is 0 Å². The van der Waals surface area contributed by atoms with E-state index in [0.29, 0.717) is 18.5 Å². The number of hydrogen-bond donors (Lipinski definition) is 3. The summed E-state index contributed by atoms with van der Waals surface area (Å²) in [6, 6.07) is 11.4. The first-order chi connectivity index (χ1) is 14.0. The molecule has 0 atom stereocenters. The van der Waals surface area contributed by atoms with Gasteiger partial charge in [-0.25, -0.2) is 4.79 Å². The van der Waals surface area contributed by atoms with Crippen molar-refractivity contribution in [2.75, 3.05) is 25.6 Å². The molecule has 0 radical (unpaired) electrons. The van der Waals surface area contributed by atoms with E-state index in [-0.39, 0.29) is 35.3 Å². The maximum absolute atomic E-state index is 12.0. The SMILES string of the molecule is C#CC(=O)Nc1cc(OC)c(OCCCNC(=O)c2ccccc2)cc1C(=O)O. The summed E-state index contributed by atoms with van der Waals surface area (Å²) in [6.07, 6.45) is 5.49. The molecular formula is C21H20N2O6. The number of hydrogen-bond acceptors (Lipinski definition) is 5. The van der Waals surface area contributed by atoms with Crippen molar-refractivity contribution >= 4 is 23.5 Å². The number of amides is 2. The molecule has 2 amide bonds. The van der Waals surface area contributed by atoms with Gasteiger partial charge in [-0.1, -0.05) is 18.2 Å². The lowest BCUT2D eigenvalue weighted by Crippen LogP contribution is -2.25. The van der Waals surface area contributed by atoms with Crippen molar-refractivity contribution in [1.82, 2.24) is 5.32 Å². The van der Waals surface area contributed by atoms with E-state index in [2.05, 4.69) is 10.6 Å². The Balaban J connectivity index is 1.98. The Hall–Kier alpha value is -3.99. The van der Waals surface area contributed by atoms with Gasteiger partial charge in [0.25, 0.3) is 11.8 Å². The Kier molecular flexibility index (Phi) is 7.62. The maximum Gasteiger partial charge on any atom is 0.337 e. The lowest BCUT2D eigenvalue weighted by molar-refractivity contribution is -0.111.